The number of rotatable bonds is 5. The van der Waals surface area contributed by atoms with E-state index in [-0.39, 0.29) is 0 Å². The largest absolute Gasteiger partial charge is 0.377 e. The molecule has 0 aliphatic heterocycles. The first-order valence-electron chi connectivity index (χ1n) is 4.94. The molecule has 4 heteroatoms. The molecule has 0 atom stereocenters. The van der Waals surface area contributed by atoms with Crippen molar-refractivity contribution in [1.29, 1.82) is 0 Å². The van der Waals surface area contributed by atoms with Crippen molar-refractivity contribution < 1.29 is 4.74 Å². The Morgan fingerprint density at radius 2 is 2.29 bits per heavy atom. The number of hydrogen-bond acceptors (Lipinski definition) is 3. The number of methoxy groups -OCH3 is 1. The predicted molar refractivity (Wildman–Crippen MR) is 56.1 cm³/mol. The Bertz CT molecular complexity index is 257. The van der Waals surface area contributed by atoms with E-state index < -0.39 is 0 Å². The van der Waals surface area contributed by atoms with Gasteiger partial charge in [-0.1, -0.05) is 0 Å². The fraction of sp³-hybridized carbons (Fsp3) is 0.700. The molecule has 0 aromatic carbocycles. The molecule has 1 heterocycles. The third-order valence-electron chi connectivity index (χ3n) is 2.14. The molecule has 0 saturated carbocycles. The molecule has 0 amide bonds. The lowest BCUT2D eigenvalue weighted by molar-refractivity contribution is 0.172. The van der Waals surface area contributed by atoms with Crippen molar-refractivity contribution in [3.63, 3.8) is 0 Å². The highest BCUT2D eigenvalue weighted by molar-refractivity contribution is 5.07. The van der Waals surface area contributed by atoms with Gasteiger partial charge < -0.3 is 15.0 Å². The van der Waals surface area contributed by atoms with E-state index >= 15 is 0 Å². The van der Waals surface area contributed by atoms with Crippen LogP contribution in [-0.4, -0.2) is 23.2 Å². The summed E-state index contributed by atoms with van der Waals surface area (Å²) >= 11 is 0. The van der Waals surface area contributed by atoms with Crippen molar-refractivity contribution in [2.45, 2.75) is 32.9 Å². The summed E-state index contributed by atoms with van der Waals surface area (Å²) in [6.45, 7) is 5.50. The summed E-state index contributed by atoms with van der Waals surface area (Å²) in [4.78, 5) is 4.33. The van der Waals surface area contributed by atoms with Crippen LogP contribution >= 0.6 is 0 Å². The van der Waals surface area contributed by atoms with Crippen LogP contribution in [0.4, 0.5) is 0 Å². The van der Waals surface area contributed by atoms with Crippen LogP contribution in [-0.2, 0) is 17.8 Å². The molecule has 1 rings (SSSR count). The minimum absolute atomic E-state index is 0.407. The zero-order valence-electron chi connectivity index (χ0n) is 9.16. The van der Waals surface area contributed by atoms with Gasteiger partial charge in [0.2, 0.25) is 0 Å². The summed E-state index contributed by atoms with van der Waals surface area (Å²) in [6.07, 6.45) is 2.76. The third kappa shape index (κ3) is 2.33. The number of aromatic nitrogens is 2. The van der Waals surface area contributed by atoms with Gasteiger partial charge >= 0.3 is 0 Å². The predicted octanol–water partition coefficient (Wildman–Crippen LogP) is 1.11. The molecule has 1 aromatic rings. The second-order valence-electron chi connectivity index (χ2n) is 3.60. The molecule has 2 N–H and O–H groups in total. The SMILES string of the molecule is COCc1ncc(CCN)n1C(C)C. The second-order valence-corrected chi connectivity index (χ2v) is 3.60. The molecule has 0 aliphatic rings. The zero-order valence-corrected chi connectivity index (χ0v) is 9.16. The van der Waals surface area contributed by atoms with Gasteiger partial charge in [-0.15, -0.1) is 0 Å². The highest BCUT2D eigenvalue weighted by atomic mass is 16.5. The fourth-order valence-corrected chi connectivity index (χ4v) is 1.64. The molecule has 14 heavy (non-hydrogen) atoms. The Hall–Kier alpha value is -0.870. The molecule has 80 valence electrons. The number of nitrogens with zero attached hydrogens (tertiary/aromatic N) is 2. The van der Waals surface area contributed by atoms with E-state index in [1.165, 1.54) is 5.69 Å². The van der Waals surface area contributed by atoms with Gasteiger partial charge in [0.25, 0.3) is 0 Å². The number of nitrogens with two attached hydrogens (primary N) is 1. The molecule has 1 aromatic heterocycles. The van der Waals surface area contributed by atoms with Gasteiger partial charge in [-0.2, -0.15) is 0 Å². The molecular formula is C10H19N3O. The maximum absolute atomic E-state index is 5.54. The van der Waals surface area contributed by atoms with Crippen LogP contribution in [0.5, 0.6) is 0 Å². The van der Waals surface area contributed by atoms with E-state index in [4.69, 9.17) is 10.5 Å². The summed E-state index contributed by atoms with van der Waals surface area (Å²) in [7, 11) is 1.68. The Balaban J connectivity index is 2.94. The lowest BCUT2D eigenvalue weighted by Crippen LogP contribution is -2.13. The van der Waals surface area contributed by atoms with Crippen LogP contribution < -0.4 is 5.73 Å². The number of imidazole rings is 1. The van der Waals surface area contributed by atoms with Crippen molar-refractivity contribution in [2.24, 2.45) is 5.73 Å². The van der Waals surface area contributed by atoms with Gasteiger partial charge in [-0.3, -0.25) is 0 Å². The number of ether oxygens (including phenoxy) is 1. The maximum Gasteiger partial charge on any atom is 0.135 e. The van der Waals surface area contributed by atoms with E-state index in [0.717, 1.165) is 12.2 Å². The van der Waals surface area contributed by atoms with Gasteiger partial charge in [0, 0.05) is 31.5 Å². The van der Waals surface area contributed by atoms with Crippen LogP contribution in [0.25, 0.3) is 0 Å². The molecule has 0 fully saturated rings. The molecule has 0 spiro atoms. The lowest BCUT2D eigenvalue weighted by Gasteiger charge is -2.14. The van der Waals surface area contributed by atoms with Crippen molar-refractivity contribution in [3.8, 4) is 0 Å². The fourth-order valence-electron chi connectivity index (χ4n) is 1.64. The van der Waals surface area contributed by atoms with Crippen molar-refractivity contribution in [3.05, 3.63) is 17.7 Å². The Kier molecular flexibility index (Phi) is 4.10. The molecule has 4 nitrogen and oxygen atoms in total. The van der Waals surface area contributed by atoms with Gasteiger partial charge in [-0.05, 0) is 20.4 Å². The van der Waals surface area contributed by atoms with E-state index in [0.29, 0.717) is 19.2 Å². The Morgan fingerprint density at radius 1 is 1.57 bits per heavy atom. The quantitative estimate of drug-likeness (QED) is 0.769. The molecule has 0 unspecified atom stereocenters. The minimum Gasteiger partial charge on any atom is -0.377 e. The summed E-state index contributed by atoms with van der Waals surface area (Å²) in [5.74, 6) is 0.978. The normalized spacial score (nSPS) is 11.2. The van der Waals surface area contributed by atoms with Crippen LogP contribution in [0.2, 0.25) is 0 Å². The standard InChI is InChI=1S/C10H19N3O/c1-8(2)13-9(4-5-11)6-12-10(13)7-14-3/h6,8H,4-5,7,11H2,1-3H3. The summed E-state index contributed by atoms with van der Waals surface area (Å²) in [5.41, 5.74) is 6.73. The van der Waals surface area contributed by atoms with Crippen LogP contribution in [0.15, 0.2) is 6.20 Å². The van der Waals surface area contributed by atoms with Crippen molar-refractivity contribution in [2.75, 3.05) is 13.7 Å². The topological polar surface area (TPSA) is 53.1 Å². The summed E-state index contributed by atoms with van der Waals surface area (Å²) in [6, 6.07) is 0.407. The third-order valence-corrected chi connectivity index (χ3v) is 2.14. The first kappa shape index (κ1) is 11.2. The number of hydrogen-bond donors (Lipinski definition) is 1. The van der Waals surface area contributed by atoms with E-state index in [2.05, 4.69) is 23.4 Å². The molecule has 0 bridgehead atoms. The van der Waals surface area contributed by atoms with Gasteiger partial charge in [0.05, 0.1) is 0 Å². The minimum atomic E-state index is 0.407. The van der Waals surface area contributed by atoms with E-state index in [9.17, 15) is 0 Å². The highest BCUT2D eigenvalue weighted by Gasteiger charge is 2.11. The average Bonchev–Trinajstić information content (AvgIpc) is 2.49. The first-order chi connectivity index (χ1) is 6.70. The van der Waals surface area contributed by atoms with Crippen LogP contribution in [0.3, 0.4) is 0 Å². The Morgan fingerprint density at radius 3 is 2.79 bits per heavy atom. The van der Waals surface area contributed by atoms with Gasteiger partial charge in [-0.25, -0.2) is 4.98 Å². The monoisotopic (exact) mass is 197 g/mol. The van der Waals surface area contributed by atoms with E-state index in [1.807, 2.05) is 6.20 Å². The van der Waals surface area contributed by atoms with Crippen LogP contribution in [0, 0.1) is 0 Å². The lowest BCUT2D eigenvalue weighted by atomic mass is 10.3. The molecule has 0 aliphatic carbocycles. The maximum atomic E-state index is 5.54. The first-order valence-corrected chi connectivity index (χ1v) is 4.94. The summed E-state index contributed by atoms with van der Waals surface area (Å²) in [5, 5.41) is 0. The van der Waals surface area contributed by atoms with Crippen LogP contribution in [0.1, 0.15) is 31.4 Å². The van der Waals surface area contributed by atoms with Gasteiger partial charge in [0.15, 0.2) is 0 Å². The van der Waals surface area contributed by atoms with Crippen molar-refractivity contribution >= 4 is 0 Å². The molecule has 0 radical (unpaired) electrons. The van der Waals surface area contributed by atoms with Crippen molar-refractivity contribution in [1.82, 2.24) is 9.55 Å². The highest BCUT2D eigenvalue weighted by Crippen LogP contribution is 2.14. The molecule has 0 saturated heterocycles. The van der Waals surface area contributed by atoms with Gasteiger partial charge in [0.1, 0.15) is 12.4 Å². The summed E-state index contributed by atoms with van der Waals surface area (Å²) < 4.78 is 7.29. The molecular weight excluding hydrogens is 178 g/mol. The zero-order chi connectivity index (χ0) is 10.6. The smallest absolute Gasteiger partial charge is 0.135 e. The second kappa shape index (κ2) is 5.12. The average molecular weight is 197 g/mol. The Labute approximate surface area is 85.1 Å². The van der Waals surface area contributed by atoms with E-state index in [1.54, 1.807) is 7.11 Å².